The van der Waals surface area contributed by atoms with E-state index < -0.39 is 11.4 Å². The number of benzene rings is 1. The molecule has 2 aliphatic heterocycles. The second-order valence-corrected chi connectivity index (χ2v) is 6.68. The molecule has 4 nitrogen and oxygen atoms in total. The Morgan fingerprint density at radius 2 is 1.86 bits per heavy atom. The van der Waals surface area contributed by atoms with E-state index in [0.717, 1.165) is 18.4 Å². The van der Waals surface area contributed by atoms with Crippen LogP contribution in [0.1, 0.15) is 38.7 Å². The van der Waals surface area contributed by atoms with Gasteiger partial charge in [-0.15, -0.1) is 0 Å². The molecule has 2 saturated heterocycles. The maximum absolute atomic E-state index is 13.0. The van der Waals surface area contributed by atoms with E-state index in [1.54, 1.807) is 0 Å². The van der Waals surface area contributed by atoms with Crippen LogP contribution in [0.25, 0.3) is 0 Å². The van der Waals surface area contributed by atoms with Crippen molar-refractivity contribution >= 4 is 11.9 Å². The van der Waals surface area contributed by atoms with Crippen LogP contribution in [0.15, 0.2) is 30.3 Å². The predicted octanol–water partition coefficient (Wildman–Crippen LogP) is 2.43. The SMILES string of the molecule is CC(C)(C(=O)N1C2CCC1C(C(=O)O)C2)c1ccccc1. The summed E-state index contributed by atoms with van der Waals surface area (Å²) in [5.41, 5.74) is 0.364. The molecule has 0 saturated carbocycles. The standard InChI is InChI=1S/C17H21NO3/c1-17(2,11-6-4-3-5-7-11)16(21)18-12-8-9-14(18)13(10-12)15(19)20/h3-7,12-14H,8-10H2,1-2H3,(H,19,20). The third-order valence-corrected chi connectivity index (χ3v) is 5.12. The summed E-state index contributed by atoms with van der Waals surface area (Å²) >= 11 is 0. The van der Waals surface area contributed by atoms with Gasteiger partial charge < -0.3 is 10.0 Å². The number of carbonyl (C=O) groups excluding carboxylic acids is 1. The van der Waals surface area contributed by atoms with Crippen molar-refractivity contribution < 1.29 is 14.7 Å². The summed E-state index contributed by atoms with van der Waals surface area (Å²) < 4.78 is 0. The lowest BCUT2D eigenvalue weighted by molar-refractivity contribution is -0.143. The molecule has 1 aromatic carbocycles. The number of hydrogen-bond acceptors (Lipinski definition) is 2. The average molecular weight is 287 g/mol. The van der Waals surface area contributed by atoms with Crippen LogP contribution in [-0.2, 0) is 15.0 Å². The first-order valence-electron chi connectivity index (χ1n) is 7.54. The molecule has 3 atom stereocenters. The normalized spacial score (nSPS) is 27.9. The first-order chi connectivity index (χ1) is 9.93. The molecule has 0 radical (unpaired) electrons. The topological polar surface area (TPSA) is 57.6 Å². The molecule has 4 heteroatoms. The zero-order chi connectivity index (χ0) is 15.2. The van der Waals surface area contributed by atoms with Crippen molar-refractivity contribution in [2.75, 3.05) is 0 Å². The first-order valence-corrected chi connectivity index (χ1v) is 7.54. The summed E-state index contributed by atoms with van der Waals surface area (Å²) in [6, 6.07) is 9.71. The molecule has 3 rings (SSSR count). The van der Waals surface area contributed by atoms with Gasteiger partial charge in [0.15, 0.2) is 0 Å². The summed E-state index contributed by atoms with van der Waals surface area (Å²) in [6.45, 7) is 3.86. The minimum absolute atomic E-state index is 0.0601. The Hall–Kier alpha value is -1.84. The number of carboxylic acid groups (broad SMARTS) is 1. The maximum Gasteiger partial charge on any atom is 0.308 e. The van der Waals surface area contributed by atoms with Crippen LogP contribution in [0.4, 0.5) is 0 Å². The molecule has 2 aliphatic rings. The molecule has 0 aromatic heterocycles. The van der Waals surface area contributed by atoms with Crippen LogP contribution in [0, 0.1) is 5.92 Å². The van der Waals surface area contributed by atoms with E-state index >= 15 is 0 Å². The smallest absolute Gasteiger partial charge is 0.308 e. The summed E-state index contributed by atoms with van der Waals surface area (Å²) in [6.07, 6.45) is 2.36. The Morgan fingerprint density at radius 1 is 1.19 bits per heavy atom. The van der Waals surface area contributed by atoms with Gasteiger partial charge >= 0.3 is 5.97 Å². The van der Waals surface area contributed by atoms with Crippen molar-refractivity contribution in [2.45, 2.75) is 50.6 Å². The third-order valence-electron chi connectivity index (χ3n) is 5.12. The molecule has 112 valence electrons. The highest BCUT2D eigenvalue weighted by molar-refractivity contribution is 5.89. The first kappa shape index (κ1) is 14.1. The monoisotopic (exact) mass is 287 g/mol. The van der Waals surface area contributed by atoms with Gasteiger partial charge in [-0.1, -0.05) is 30.3 Å². The fourth-order valence-electron chi connectivity index (χ4n) is 3.87. The van der Waals surface area contributed by atoms with Gasteiger partial charge in [0.05, 0.1) is 11.3 Å². The quantitative estimate of drug-likeness (QED) is 0.929. The lowest BCUT2D eigenvalue weighted by atomic mass is 9.83. The van der Waals surface area contributed by atoms with Gasteiger partial charge in [-0.3, -0.25) is 9.59 Å². The van der Waals surface area contributed by atoms with E-state index in [0.29, 0.717) is 6.42 Å². The summed E-state index contributed by atoms with van der Waals surface area (Å²) in [7, 11) is 0. The minimum Gasteiger partial charge on any atom is -0.481 e. The zero-order valence-corrected chi connectivity index (χ0v) is 12.5. The van der Waals surface area contributed by atoms with Crippen LogP contribution in [0.3, 0.4) is 0 Å². The fourth-order valence-corrected chi connectivity index (χ4v) is 3.87. The number of nitrogens with zero attached hydrogens (tertiary/aromatic N) is 1. The highest BCUT2D eigenvalue weighted by Crippen LogP contribution is 2.44. The summed E-state index contributed by atoms with van der Waals surface area (Å²) in [4.78, 5) is 26.2. The Labute approximate surface area is 124 Å². The zero-order valence-electron chi connectivity index (χ0n) is 12.5. The van der Waals surface area contributed by atoms with Crippen molar-refractivity contribution in [3.63, 3.8) is 0 Å². The second kappa shape index (κ2) is 4.86. The van der Waals surface area contributed by atoms with E-state index in [1.165, 1.54) is 0 Å². The van der Waals surface area contributed by atoms with E-state index in [9.17, 15) is 14.7 Å². The highest BCUT2D eigenvalue weighted by atomic mass is 16.4. The van der Waals surface area contributed by atoms with E-state index in [4.69, 9.17) is 0 Å². The molecular weight excluding hydrogens is 266 g/mol. The molecular formula is C17H21NO3. The number of carboxylic acids is 1. The van der Waals surface area contributed by atoms with Crippen molar-refractivity contribution in [3.8, 4) is 0 Å². The number of hydrogen-bond donors (Lipinski definition) is 1. The minimum atomic E-state index is -0.766. The molecule has 2 fully saturated rings. The molecule has 2 heterocycles. The van der Waals surface area contributed by atoms with E-state index in [2.05, 4.69) is 0 Å². The number of rotatable bonds is 3. The fraction of sp³-hybridized carbons (Fsp3) is 0.529. The summed E-state index contributed by atoms with van der Waals surface area (Å²) in [5, 5.41) is 9.32. The predicted molar refractivity (Wildman–Crippen MR) is 78.9 cm³/mol. The van der Waals surface area contributed by atoms with Gasteiger partial charge in [0.25, 0.3) is 0 Å². The molecule has 2 bridgehead atoms. The Balaban J connectivity index is 1.88. The average Bonchev–Trinajstić information content (AvgIpc) is 3.05. The molecule has 1 aromatic rings. The van der Waals surface area contributed by atoms with Crippen LogP contribution >= 0.6 is 0 Å². The third kappa shape index (κ3) is 2.13. The lowest BCUT2D eigenvalue weighted by Gasteiger charge is -2.33. The maximum atomic E-state index is 13.0. The molecule has 1 amide bonds. The van der Waals surface area contributed by atoms with Gasteiger partial charge in [-0.05, 0) is 38.7 Å². The summed E-state index contributed by atoms with van der Waals surface area (Å²) in [5.74, 6) is -1.10. The van der Waals surface area contributed by atoms with Crippen LogP contribution < -0.4 is 0 Å². The molecule has 1 N–H and O–H groups in total. The Bertz CT molecular complexity index is 567. The molecule has 21 heavy (non-hydrogen) atoms. The number of aliphatic carboxylic acids is 1. The van der Waals surface area contributed by atoms with Gasteiger partial charge in [0, 0.05) is 12.1 Å². The van der Waals surface area contributed by atoms with E-state index in [-0.39, 0.29) is 23.9 Å². The largest absolute Gasteiger partial charge is 0.481 e. The molecule has 0 aliphatic carbocycles. The van der Waals surface area contributed by atoms with Gasteiger partial charge in [0.1, 0.15) is 0 Å². The number of carbonyl (C=O) groups is 2. The van der Waals surface area contributed by atoms with Crippen LogP contribution in [0.5, 0.6) is 0 Å². The van der Waals surface area contributed by atoms with Crippen molar-refractivity contribution in [1.29, 1.82) is 0 Å². The Kier molecular flexibility index (Phi) is 3.27. The number of amides is 1. The molecule has 3 unspecified atom stereocenters. The van der Waals surface area contributed by atoms with Crippen molar-refractivity contribution in [1.82, 2.24) is 4.90 Å². The lowest BCUT2D eigenvalue weighted by Crippen LogP contribution is -2.47. The van der Waals surface area contributed by atoms with Gasteiger partial charge in [-0.25, -0.2) is 0 Å². The number of fused-ring (bicyclic) bond motifs is 2. The van der Waals surface area contributed by atoms with Crippen LogP contribution in [0.2, 0.25) is 0 Å². The van der Waals surface area contributed by atoms with E-state index in [1.807, 2.05) is 49.1 Å². The Morgan fingerprint density at radius 3 is 2.43 bits per heavy atom. The van der Waals surface area contributed by atoms with Crippen molar-refractivity contribution in [2.24, 2.45) is 5.92 Å². The van der Waals surface area contributed by atoms with Gasteiger partial charge in [0.2, 0.25) is 5.91 Å². The molecule has 0 spiro atoms. The second-order valence-electron chi connectivity index (χ2n) is 6.68. The van der Waals surface area contributed by atoms with Gasteiger partial charge in [-0.2, -0.15) is 0 Å². The highest BCUT2D eigenvalue weighted by Gasteiger charge is 2.53. The van der Waals surface area contributed by atoms with Crippen molar-refractivity contribution in [3.05, 3.63) is 35.9 Å². The van der Waals surface area contributed by atoms with Crippen LogP contribution in [-0.4, -0.2) is 34.0 Å².